The second-order valence-corrected chi connectivity index (χ2v) is 6.44. The molecule has 3 rings (SSSR count). The number of hydrogen-bond acceptors (Lipinski definition) is 3. The van der Waals surface area contributed by atoms with Crippen LogP contribution in [0.4, 0.5) is 5.69 Å². The van der Waals surface area contributed by atoms with Crippen LogP contribution < -0.4 is 19.8 Å². The number of anilines is 1. The van der Waals surface area contributed by atoms with E-state index in [1.165, 1.54) is 36.6 Å². The fourth-order valence-electron chi connectivity index (χ4n) is 3.57. The number of hydrogen-bond donors (Lipinski definition) is 0. The Morgan fingerprint density at radius 2 is 1.25 bits per heavy atom. The molecule has 3 nitrogen and oxygen atoms in total. The molecular formula is C20H26BNO2. The Morgan fingerprint density at radius 3 is 1.75 bits per heavy atom. The van der Waals surface area contributed by atoms with Crippen molar-refractivity contribution in [3.8, 4) is 11.5 Å². The van der Waals surface area contributed by atoms with Gasteiger partial charge >= 0.3 is 0 Å². The van der Waals surface area contributed by atoms with E-state index in [4.69, 9.17) is 9.47 Å². The van der Waals surface area contributed by atoms with Crippen molar-refractivity contribution in [1.82, 2.24) is 0 Å². The number of methoxy groups -OCH3 is 2. The van der Waals surface area contributed by atoms with Crippen molar-refractivity contribution in [2.24, 2.45) is 0 Å². The molecule has 0 spiro atoms. The molecule has 0 unspecified atom stereocenters. The van der Waals surface area contributed by atoms with Gasteiger partial charge in [0.25, 0.3) is 0 Å². The number of rotatable bonds is 4. The van der Waals surface area contributed by atoms with E-state index in [0.717, 1.165) is 24.6 Å². The molecule has 0 N–H and O–H groups in total. The third kappa shape index (κ3) is 4.05. The molecule has 0 amide bonds. The number of benzene rings is 2. The maximum atomic E-state index is 5.27. The molecular weight excluding hydrogens is 297 g/mol. The van der Waals surface area contributed by atoms with E-state index in [9.17, 15) is 0 Å². The van der Waals surface area contributed by atoms with Crippen molar-refractivity contribution in [1.29, 1.82) is 0 Å². The van der Waals surface area contributed by atoms with Gasteiger partial charge in [0, 0.05) is 18.8 Å². The first-order valence-corrected chi connectivity index (χ1v) is 8.83. The minimum absolute atomic E-state index is 0.675. The zero-order valence-corrected chi connectivity index (χ0v) is 14.7. The van der Waals surface area contributed by atoms with Crippen LogP contribution in [0.15, 0.2) is 48.5 Å². The summed E-state index contributed by atoms with van der Waals surface area (Å²) in [6.07, 6.45) is 4.95. The van der Waals surface area contributed by atoms with E-state index < -0.39 is 0 Å². The quantitative estimate of drug-likeness (QED) is 0.801. The largest absolute Gasteiger partial charge is 0.497 e. The van der Waals surface area contributed by atoms with Crippen LogP contribution in [-0.4, -0.2) is 34.0 Å². The highest BCUT2D eigenvalue weighted by Gasteiger charge is 2.20. The smallest absolute Gasteiger partial charge is 0.176 e. The van der Waals surface area contributed by atoms with Gasteiger partial charge in [0.05, 0.1) is 14.2 Å². The predicted octanol–water partition coefficient (Wildman–Crippen LogP) is 3.71. The van der Waals surface area contributed by atoms with Crippen LogP contribution in [0.25, 0.3) is 0 Å². The topological polar surface area (TPSA) is 21.7 Å². The second kappa shape index (κ2) is 8.14. The Bertz CT molecular complexity index is 562. The van der Waals surface area contributed by atoms with Gasteiger partial charge in [0.1, 0.15) is 11.5 Å². The third-order valence-electron chi connectivity index (χ3n) is 4.99. The van der Waals surface area contributed by atoms with Crippen molar-refractivity contribution in [2.45, 2.75) is 25.5 Å². The highest BCUT2D eigenvalue weighted by Crippen LogP contribution is 2.23. The summed E-state index contributed by atoms with van der Waals surface area (Å²) in [7, 11) is 3.43. The molecule has 0 aromatic heterocycles. The Labute approximate surface area is 145 Å². The van der Waals surface area contributed by atoms with E-state index >= 15 is 0 Å². The van der Waals surface area contributed by atoms with Gasteiger partial charge in [-0.15, -0.1) is 0 Å². The van der Waals surface area contributed by atoms with Crippen molar-refractivity contribution in [3.05, 3.63) is 48.5 Å². The van der Waals surface area contributed by atoms with Crippen LogP contribution in [0.2, 0.25) is 12.6 Å². The van der Waals surface area contributed by atoms with Crippen molar-refractivity contribution >= 4 is 17.9 Å². The van der Waals surface area contributed by atoms with E-state index in [1.54, 1.807) is 14.2 Å². The van der Waals surface area contributed by atoms with Crippen LogP contribution in [0.3, 0.4) is 0 Å². The highest BCUT2D eigenvalue weighted by atomic mass is 16.5. The molecule has 0 bridgehead atoms. The summed E-state index contributed by atoms with van der Waals surface area (Å²) < 4.78 is 10.5. The van der Waals surface area contributed by atoms with Crippen molar-refractivity contribution in [3.63, 3.8) is 0 Å². The monoisotopic (exact) mass is 323 g/mol. The van der Waals surface area contributed by atoms with Crippen LogP contribution in [-0.2, 0) is 0 Å². The van der Waals surface area contributed by atoms with Crippen LogP contribution in [0.5, 0.6) is 11.5 Å². The second-order valence-electron chi connectivity index (χ2n) is 6.44. The molecule has 1 aliphatic rings. The molecule has 0 radical (unpaired) electrons. The van der Waals surface area contributed by atoms with Gasteiger partial charge in [0.15, 0.2) is 6.71 Å². The molecule has 1 aliphatic heterocycles. The summed E-state index contributed by atoms with van der Waals surface area (Å²) in [5, 5.41) is 0. The molecule has 126 valence electrons. The van der Waals surface area contributed by atoms with Crippen LogP contribution in [0.1, 0.15) is 12.8 Å². The molecule has 24 heavy (non-hydrogen) atoms. The third-order valence-corrected chi connectivity index (χ3v) is 4.99. The van der Waals surface area contributed by atoms with Gasteiger partial charge in [-0.3, -0.25) is 0 Å². The molecule has 0 saturated carbocycles. The molecule has 4 heteroatoms. The summed E-state index contributed by atoms with van der Waals surface area (Å²) in [5.41, 5.74) is 2.76. The average Bonchev–Trinajstić information content (AvgIpc) is 2.62. The lowest BCUT2D eigenvalue weighted by Gasteiger charge is -2.29. The van der Waals surface area contributed by atoms with Crippen molar-refractivity contribution < 1.29 is 9.47 Å². The minimum Gasteiger partial charge on any atom is -0.497 e. The van der Waals surface area contributed by atoms with Gasteiger partial charge in [0.2, 0.25) is 0 Å². The van der Waals surface area contributed by atoms with Gasteiger partial charge in [-0.2, -0.15) is 0 Å². The zero-order chi connectivity index (χ0) is 16.8. The molecule has 0 aliphatic carbocycles. The van der Waals surface area contributed by atoms with E-state index in [2.05, 4.69) is 41.3 Å². The first-order valence-electron chi connectivity index (χ1n) is 8.83. The van der Waals surface area contributed by atoms with Gasteiger partial charge < -0.3 is 14.4 Å². The molecule has 1 heterocycles. The standard InChI is InChI=1S/C20H26BNO2/c1-23-19-9-5-17(6-10-19)21-13-3-15-22(16-4-14-21)18-7-11-20(24-2)12-8-18/h5-12H,3-4,13-16H2,1-2H3. The zero-order valence-electron chi connectivity index (χ0n) is 14.7. The minimum atomic E-state index is 0.675. The molecule has 2 aromatic rings. The fraction of sp³-hybridized carbons (Fsp3) is 0.400. The summed E-state index contributed by atoms with van der Waals surface area (Å²) in [6, 6.07) is 17.1. The number of nitrogens with zero attached hydrogens (tertiary/aromatic N) is 1. The Kier molecular flexibility index (Phi) is 5.68. The SMILES string of the molecule is COc1ccc(B2CCCN(c3ccc(OC)cc3)CCC2)cc1. The summed E-state index contributed by atoms with van der Waals surface area (Å²) in [6.45, 7) is 2.92. The Balaban J connectivity index is 1.60. The predicted molar refractivity (Wildman–Crippen MR) is 102 cm³/mol. The van der Waals surface area contributed by atoms with Crippen molar-refractivity contribution in [2.75, 3.05) is 32.2 Å². The highest BCUT2D eigenvalue weighted by molar-refractivity contribution is 6.73. The fourth-order valence-corrected chi connectivity index (χ4v) is 3.57. The molecule has 1 fully saturated rings. The van der Waals surface area contributed by atoms with Gasteiger partial charge in [-0.25, -0.2) is 0 Å². The van der Waals surface area contributed by atoms with Gasteiger partial charge in [-0.05, 0) is 49.2 Å². The average molecular weight is 323 g/mol. The summed E-state index contributed by atoms with van der Waals surface area (Å²) in [5.74, 6) is 1.86. The lowest BCUT2D eigenvalue weighted by atomic mass is 9.39. The van der Waals surface area contributed by atoms with E-state index in [-0.39, 0.29) is 0 Å². The van der Waals surface area contributed by atoms with Gasteiger partial charge in [-0.1, -0.05) is 30.2 Å². The molecule has 2 aromatic carbocycles. The molecule has 1 saturated heterocycles. The lowest BCUT2D eigenvalue weighted by Crippen LogP contribution is -2.36. The Morgan fingerprint density at radius 1 is 0.750 bits per heavy atom. The van der Waals surface area contributed by atoms with E-state index in [0.29, 0.717) is 6.71 Å². The maximum absolute atomic E-state index is 5.27. The normalized spacial score (nSPS) is 15.6. The number of ether oxygens (including phenoxy) is 2. The maximum Gasteiger partial charge on any atom is 0.176 e. The van der Waals surface area contributed by atoms with Crippen LogP contribution in [0, 0.1) is 0 Å². The lowest BCUT2D eigenvalue weighted by molar-refractivity contribution is 0.414. The Hall–Kier alpha value is -2.10. The summed E-state index contributed by atoms with van der Waals surface area (Å²) in [4.78, 5) is 2.50. The molecule has 0 atom stereocenters. The van der Waals surface area contributed by atoms with Crippen LogP contribution >= 0.6 is 0 Å². The summed E-state index contributed by atoms with van der Waals surface area (Å²) >= 11 is 0. The first-order chi connectivity index (χ1) is 11.8. The van der Waals surface area contributed by atoms with E-state index in [1.807, 2.05) is 12.1 Å². The first kappa shape index (κ1) is 16.8.